The zero-order valence-electron chi connectivity index (χ0n) is 86.9. The highest BCUT2D eigenvalue weighted by atomic mass is 32.2. The molecule has 0 saturated heterocycles. The number of aromatic amines is 1. The third-order valence-corrected chi connectivity index (χ3v) is 30.4. The number of rotatable bonds is 31. The van der Waals surface area contributed by atoms with Gasteiger partial charge in [0.15, 0.2) is 34.2 Å². The fourth-order valence-electron chi connectivity index (χ4n) is 18.1. The molecule has 0 radical (unpaired) electrons. The van der Waals surface area contributed by atoms with Crippen LogP contribution < -0.4 is 28.7 Å². The van der Waals surface area contributed by atoms with Crippen molar-refractivity contribution in [3.05, 3.63) is 314 Å². The lowest BCUT2D eigenvalue weighted by molar-refractivity contribution is -0.904. The van der Waals surface area contributed by atoms with Crippen molar-refractivity contribution in [3.63, 3.8) is 0 Å². The van der Waals surface area contributed by atoms with E-state index in [0.29, 0.717) is 145 Å². The smallest absolute Gasteiger partial charge is 0.737 e. The highest BCUT2D eigenvalue weighted by Crippen LogP contribution is 2.46. The van der Waals surface area contributed by atoms with Crippen LogP contribution in [0.2, 0.25) is 0 Å². The van der Waals surface area contributed by atoms with Crippen molar-refractivity contribution < 1.29 is 98.5 Å². The number of fused-ring (bicyclic) bond motifs is 6. The molecule has 0 saturated carbocycles. The number of halogens is 6. The van der Waals surface area contributed by atoms with Gasteiger partial charge in [0.25, 0.3) is 0 Å². The number of quaternary nitrogens is 3. The Labute approximate surface area is 864 Å². The molecule has 0 fully saturated rings. The van der Waals surface area contributed by atoms with Crippen LogP contribution in [0.3, 0.4) is 0 Å². The Morgan fingerprint density at radius 2 is 0.795 bits per heavy atom. The molecule has 0 aliphatic carbocycles. The first-order valence-corrected chi connectivity index (χ1v) is 55.1. The van der Waals surface area contributed by atoms with Crippen molar-refractivity contribution in [2.24, 2.45) is 23.7 Å². The normalized spacial score (nSPS) is 15.0. The number of aryl methyl sites for hydroxylation is 1. The number of benzene rings is 7. The summed E-state index contributed by atoms with van der Waals surface area (Å²) in [4.78, 5) is 7.23. The average molecular weight is 2070 g/mol. The first-order valence-electron chi connectivity index (χ1n) is 50.5. The minimum absolute atomic E-state index is 0.148. The summed E-state index contributed by atoms with van der Waals surface area (Å²) in [7, 11) is -7.34. The maximum absolute atomic E-state index is 15.9. The van der Waals surface area contributed by atoms with Crippen LogP contribution >= 0.6 is 22.7 Å². The number of nitrogens with one attached hydrogen (secondary N) is 3. The highest BCUT2D eigenvalue weighted by molar-refractivity contribution is 7.86. The number of thiophene rings is 2. The van der Waals surface area contributed by atoms with Crippen LogP contribution in [0.4, 0.5) is 25.9 Å². The molecule has 12 heterocycles. The molecule has 772 valence electrons. The Kier molecular flexibility index (Phi) is 36.6. The van der Waals surface area contributed by atoms with Gasteiger partial charge in [0.1, 0.15) is 48.9 Å². The van der Waals surface area contributed by atoms with Gasteiger partial charge < -0.3 is 100 Å². The van der Waals surface area contributed by atoms with E-state index >= 15 is 25.9 Å². The quantitative estimate of drug-likeness (QED) is 0.0123. The van der Waals surface area contributed by atoms with Crippen molar-refractivity contribution in [3.8, 4) is 33.6 Å². The van der Waals surface area contributed by atoms with E-state index in [4.69, 9.17) is 18.9 Å². The third kappa shape index (κ3) is 25.4. The highest BCUT2D eigenvalue weighted by Gasteiger charge is 2.55. The summed E-state index contributed by atoms with van der Waals surface area (Å²) in [5.41, 5.74) is 9.84. The SMILES string of the molecule is CC(C)COc1ccc(/C=C/c2ccc3n2[B-](F)(F)[N+]2=C(c4ccc[nH]4)C=CC2=C3)cc1.CC(C)COc1ccc(/C=C/c2ccc3n2[B-](F)(F)[N+]2=C(c4cccs4)C=CC2=C3)cc1.CC(C)COc1ccc(C2=[N+]3C(=Cc4ccc(-c5cccs5)n4[B-]3(F)F)C=C2)cc1.CC[N+](C)(CC)CC.CC[NH+](CC)CC.CC[NH+](CC)CC.Cc1cc(S(=O)(=O)[O-])c2ccc3c(S(=O)(=O)[O-])cc(OCC(C)C)c4ccc1c2c43. The Balaban J connectivity index is 0.000000152. The van der Waals surface area contributed by atoms with Crippen LogP contribution in [0.15, 0.2) is 262 Å². The van der Waals surface area contributed by atoms with Gasteiger partial charge in [-0.05, 0) is 271 Å². The lowest BCUT2D eigenvalue weighted by Crippen LogP contribution is -3.11. The fourth-order valence-corrected chi connectivity index (χ4v) is 21.1. The van der Waals surface area contributed by atoms with Crippen LogP contribution in [-0.4, -0.2) is 193 Å². The van der Waals surface area contributed by atoms with Crippen molar-refractivity contribution in [1.82, 2.24) is 18.4 Å². The number of allylic oxidation sites excluding steroid dienone is 6. The topological polar surface area (TPSA) is 200 Å². The second-order valence-electron chi connectivity index (χ2n) is 38.8. The van der Waals surface area contributed by atoms with E-state index in [2.05, 4.69) is 116 Å². The van der Waals surface area contributed by atoms with E-state index in [9.17, 15) is 25.9 Å². The molecule has 0 atom stereocenters. The maximum Gasteiger partial charge on any atom is 0.737 e. The van der Waals surface area contributed by atoms with Gasteiger partial charge in [0, 0.05) is 127 Å². The van der Waals surface area contributed by atoms with Crippen LogP contribution in [0, 0.1) is 30.6 Å². The summed E-state index contributed by atoms with van der Waals surface area (Å²) >= 11 is 2.93. The predicted octanol–water partition coefficient (Wildman–Crippen LogP) is 23.1. The van der Waals surface area contributed by atoms with Crippen LogP contribution in [0.25, 0.3) is 85.4 Å². The third-order valence-electron chi connectivity index (χ3n) is 26.9. The van der Waals surface area contributed by atoms with Gasteiger partial charge in [-0.1, -0.05) is 122 Å². The van der Waals surface area contributed by atoms with Crippen molar-refractivity contribution in [1.29, 1.82) is 0 Å². The summed E-state index contributed by atoms with van der Waals surface area (Å²) in [5, 5.41) is 6.15. The van der Waals surface area contributed by atoms with E-state index in [1.54, 1.807) is 138 Å². The first-order chi connectivity index (χ1) is 69.6. The number of hydrogen-bond acceptors (Lipinski definition) is 12. The Morgan fingerprint density at radius 1 is 0.418 bits per heavy atom. The molecule has 33 heteroatoms. The lowest BCUT2D eigenvalue weighted by Gasteiger charge is -2.30. The van der Waals surface area contributed by atoms with Crippen LogP contribution in [0.5, 0.6) is 23.0 Å². The number of hydrogen-bond donors (Lipinski definition) is 3. The zero-order valence-corrected chi connectivity index (χ0v) is 90.2. The molecule has 7 aromatic carbocycles. The standard InChI is InChI=1S/C25H24BF2N3O.C25H23BF2N2OS.C23H21BF2N2OS.C21H20O7S2.C7H18N.2C6H15N/c1-18(2)17-32-23-12-6-19(7-13-23)5-8-20-9-10-21-16-22-11-14-25(24-4-3-15-29-24)31(22)26(27,28)30(20)21;1-18(2)17-31-23-12-6-19(7-13-23)5-8-20-9-10-21-16-22-11-14-24(25-4-3-15-32-25)30(22)26(27,28)29(20)21;1-16(2)15-29-20-9-5-17(6-10-20)21-11-7-18-14-19-8-12-22(23-4-3-13-30-23)28(19)24(25,26)27(18)21;1-11(2)10-28-17-9-19(30(25,26)27)16-7-6-15-18(29(22,23)24)8-12(3)13-4-5-14(17)21(16)20(13)15;1-5-8(4,6-2)7-3;2*1-4-7(5-2)6-3/h3-16,18,29H,17H2,1-2H3;3-16,18H,17H2,1-2H3;3-14,16H,15H2,1-2H3;4-9,11H,10H2,1-3H3,(H,22,23,24)(H,25,26,27);5-7H2,1-4H3;2*4-6H2,1-3H3/q;;;;+1;;/b2*8-5+;;;;;. The monoisotopic (exact) mass is 2070 g/mol. The minimum Gasteiger partial charge on any atom is -0.744 e. The van der Waals surface area contributed by atoms with Gasteiger partial charge >= 0.3 is 20.9 Å². The molecule has 0 bridgehead atoms. The van der Waals surface area contributed by atoms with E-state index in [1.165, 1.54) is 124 Å². The number of H-pyrrole nitrogens is 1. The molecule has 0 unspecified atom stereocenters. The summed E-state index contributed by atoms with van der Waals surface area (Å²) in [6, 6.07) is 53.1. The summed E-state index contributed by atoms with van der Waals surface area (Å²) < 4.78 is 198. The maximum atomic E-state index is 15.9. The summed E-state index contributed by atoms with van der Waals surface area (Å²) in [5.74, 6) is 4.05. The van der Waals surface area contributed by atoms with E-state index in [0.717, 1.165) is 57.1 Å². The Bertz CT molecular complexity index is 7100. The van der Waals surface area contributed by atoms with Crippen LogP contribution in [-0.2, 0) is 20.2 Å². The predicted molar refractivity (Wildman–Crippen MR) is 589 cm³/mol. The molecule has 146 heavy (non-hydrogen) atoms. The van der Waals surface area contributed by atoms with Crippen molar-refractivity contribution >= 4 is 156 Å². The van der Waals surface area contributed by atoms with E-state index in [-0.39, 0.29) is 27.3 Å². The second kappa shape index (κ2) is 48.1. The van der Waals surface area contributed by atoms with Crippen molar-refractivity contribution in [2.75, 3.05) is 92.4 Å². The average Bonchev–Trinajstić information content (AvgIpc) is 1.21. The van der Waals surface area contributed by atoms with Gasteiger partial charge in [-0.25, -0.2) is 16.8 Å². The number of nitrogens with zero attached hydrogens (tertiary/aromatic N) is 7. The second-order valence-corrected chi connectivity index (χ2v) is 43.4. The Hall–Kier alpha value is -12.3. The number of ether oxygens (including phenoxy) is 4. The molecule has 0 spiro atoms. The largest absolute Gasteiger partial charge is 0.744 e. The minimum atomic E-state index is -4.85. The van der Waals surface area contributed by atoms with Gasteiger partial charge in [-0.3, -0.25) is 0 Å². The van der Waals surface area contributed by atoms with E-state index in [1.807, 2.05) is 146 Å². The fraction of sp³-hybridized carbons (Fsp3) is 0.319. The van der Waals surface area contributed by atoms with E-state index < -0.39 is 46.0 Å². The van der Waals surface area contributed by atoms with Crippen molar-refractivity contribution in [2.45, 2.75) is 134 Å². The summed E-state index contributed by atoms with van der Waals surface area (Å²) in [6.07, 6.45) is 24.9. The molecule has 20 nitrogen and oxygen atoms in total. The molecule has 6 aliphatic rings. The molecular weight excluding hydrogens is 1930 g/mol. The molecule has 3 N–H and O–H groups in total. The van der Waals surface area contributed by atoms with Crippen LogP contribution in [0.1, 0.15) is 179 Å². The van der Waals surface area contributed by atoms with Gasteiger partial charge in [-0.2, -0.15) is 0 Å². The Morgan fingerprint density at radius 3 is 1.20 bits per heavy atom. The zero-order chi connectivity index (χ0) is 105. The summed E-state index contributed by atoms with van der Waals surface area (Å²) in [6.45, 7) is 39.7. The lowest BCUT2D eigenvalue weighted by atomic mass is 9.90. The number of aromatic nitrogens is 4. The first kappa shape index (κ1) is 111. The van der Waals surface area contributed by atoms with Gasteiger partial charge in [-0.15, -0.1) is 22.7 Å². The molecule has 0 amide bonds. The molecule has 13 aromatic rings. The molecule has 6 aromatic heterocycles. The van der Waals surface area contributed by atoms with Gasteiger partial charge in [0.05, 0.1) is 107 Å². The molecule has 19 rings (SSSR count). The molecular formula is C113H136B3F6N10O10S4+. The molecule has 6 aliphatic heterocycles. The van der Waals surface area contributed by atoms with Gasteiger partial charge in [0.2, 0.25) is 0 Å².